The van der Waals surface area contributed by atoms with Crippen LogP contribution in [0.15, 0.2) is 109 Å². The van der Waals surface area contributed by atoms with E-state index in [2.05, 4.69) is 130 Å². The van der Waals surface area contributed by atoms with E-state index in [1.807, 2.05) is 0 Å². The molecule has 458 valence electrons. The fourth-order valence-electron chi connectivity index (χ4n) is 9.48. The highest BCUT2D eigenvalue weighted by Crippen LogP contribution is 2.17. The number of carbonyl (C=O) groups excluding carboxylic acids is 3. The first-order valence-electron chi connectivity index (χ1n) is 33.9. The zero-order valence-corrected chi connectivity index (χ0v) is 52.6. The first kappa shape index (κ1) is 76.1. The number of hydrogen-bond acceptors (Lipinski definition) is 6. The highest BCUT2D eigenvalue weighted by Gasteiger charge is 2.19. The molecule has 0 radical (unpaired) electrons. The topological polar surface area (TPSA) is 78.9 Å². The molecule has 0 fully saturated rings. The molecule has 0 amide bonds. The number of hydrogen-bond donors (Lipinski definition) is 0. The van der Waals surface area contributed by atoms with Crippen molar-refractivity contribution in [1.82, 2.24) is 0 Å². The quantitative estimate of drug-likeness (QED) is 0.0261. The van der Waals surface area contributed by atoms with Crippen molar-refractivity contribution in [3.8, 4) is 0 Å². The van der Waals surface area contributed by atoms with E-state index in [1.165, 1.54) is 148 Å². The third-order valence-electron chi connectivity index (χ3n) is 14.5. The summed E-state index contributed by atoms with van der Waals surface area (Å²) in [6.45, 7) is 6.41. The van der Waals surface area contributed by atoms with Crippen LogP contribution in [0.4, 0.5) is 0 Å². The van der Waals surface area contributed by atoms with E-state index in [-0.39, 0.29) is 31.1 Å². The van der Waals surface area contributed by atoms with Gasteiger partial charge >= 0.3 is 17.9 Å². The summed E-state index contributed by atoms with van der Waals surface area (Å²) in [6, 6.07) is 0. The minimum atomic E-state index is -0.791. The summed E-state index contributed by atoms with van der Waals surface area (Å²) in [4.78, 5) is 38.4. The van der Waals surface area contributed by atoms with Crippen LogP contribution in [0.2, 0.25) is 0 Å². The Labute approximate surface area is 495 Å². The van der Waals surface area contributed by atoms with E-state index in [1.54, 1.807) is 0 Å². The van der Waals surface area contributed by atoms with E-state index >= 15 is 0 Å². The van der Waals surface area contributed by atoms with Crippen LogP contribution in [0.5, 0.6) is 0 Å². The van der Waals surface area contributed by atoms with E-state index in [9.17, 15) is 14.4 Å². The summed E-state index contributed by atoms with van der Waals surface area (Å²) in [5.74, 6) is -0.900. The molecule has 0 N–H and O–H groups in total. The van der Waals surface area contributed by atoms with Gasteiger partial charge in [-0.05, 0) is 122 Å². The van der Waals surface area contributed by atoms with Crippen LogP contribution in [-0.2, 0) is 28.6 Å². The summed E-state index contributed by atoms with van der Waals surface area (Å²) in [6.07, 6.45) is 92.5. The molecule has 0 spiro atoms. The predicted molar refractivity (Wildman–Crippen MR) is 348 cm³/mol. The minimum absolute atomic E-state index is 0.0857. The van der Waals surface area contributed by atoms with Crippen LogP contribution in [0.25, 0.3) is 0 Å². The van der Waals surface area contributed by atoms with Gasteiger partial charge in [0.1, 0.15) is 13.2 Å². The smallest absolute Gasteiger partial charge is 0.306 e. The van der Waals surface area contributed by atoms with Crippen LogP contribution >= 0.6 is 0 Å². The Morgan fingerprint density at radius 2 is 0.487 bits per heavy atom. The summed E-state index contributed by atoms with van der Waals surface area (Å²) in [5, 5.41) is 0. The highest BCUT2D eigenvalue weighted by atomic mass is 16.6. The van der Waals surface area contributed by atoms with Crippen LogP contribution in [0, 0.1) is 0 Å². The van der Waals surface area contributed by atoms with Gasteiger partial charge in [0.25, 0.3) is 0 Å². The number of ether oxygens (including phenoxy) is 3. The maximum atomic E-state index is 12.9. The lowest BCUT2D eigenvalue weighted by molar-refractivity contribution is -0.167. The fraction of sp³-hybridized carbons (Fsp3) is 0.716. The van der Waals surface area contributed by atoms with E-state index in [4.69, 9.17) is 14.2 Å². The van der Waals surface area contributed by atoms with Crippen LogP contribution in [0.1, 0.15) is 323 Å². The van der Waals surface area contributed by atoms with Gasteiger partial charge in [0, 0.05) is 19.3 Å². The zero-order valence-electron chi connectivity index (χ0n) is 52.6. The monoisotopic (exact) mass is 1110 g/mol. The van der Waals surface area contributed by atoms with E-state index < -0.39 is 6.10 Å². The average Bonchev–Trinajstić information content (AvgIpc) is 3.46. The largest absolute Gasteiger partial charge is 0.462 e. The first-order chi connectivity index (χ1) is 39.5. The molecule has 0 aliphatic heterocycles. The van der Waals surface area contributed by atoms with Crippen molar-refractivity contribution < 1.29 is 28.6 Å². The lowest BCUT2D eigenvalue weighted by Gasteiger charge is -2.18. The van der Waals surface area contributed by atoms with Gasteiger partial charge in [0.2, 0.25) is 0 Å². The van der Waals surface area contributed by atoms with Gasteiger partial charge in [-0.15, -0.1) is 0 Å². The molecule has 0 rings (SSSR count). The van der Waals surface area contributed by atoms with Gasteiger partial charge in [-0.3, -0.25) is 14.4 Å². The second-order valence-electron chi connectivity index (χ2n) is 22.3. The van der Waals surface area contributed by atoms with Gasteiger partial charge < -0.3 is 14.2 Å². The van der Waals surface area contributed by atoms with E-state index in [0.717, 1.165) is 135 Å². The maximum Gasteiger partial charge on any atom is 0.306 e. The number of esters is 3. The van der Waals surface area contributed by atoms with Crippen molar-refractivity contribution in [2.24, 2.45) is 0 Å². The number of unbranched alkanes of at least 4 members (excludes halogenated alkanes) is 32. The molecule has 0 aliphatic rings. The molecular weight excluding hydrogens is 985 g/mol. The van der Waals surface area contributed by atoms with Gasteiger partial charge in [0.05, 0.1) is 0 Å². The molecule has 6 heteroatoms. The Balaban J connectivity index is 4.29. The first-order valence-corrected chi connectivity index (χ1v) is 33.9. The van der Waals surface area contributed by atoms with Gasteiger partial charge in [-0.2, -0.15) is 0 Å². The summed E-state index contributed by atoms with van der Waals surface area (Å²) >= 11 is 0. The van der Waals surface area contributed by atoms with Crippen molar-refractivity contribution in [2.45, 2.75) is 329 Å². The Hall–Kier alpha value is -3.93. The zero-order chi connectivity index (χ0) is 57.8. The molecule has 0 aromatic heterocycles. The minimum Gasteiger partial charge on any atom is -0.462 e. The number of allylic oxidation sites excluding steroid dienone is 18. The maximum absolute atomic E-state index is 12.9. The third kappa shape index (κ3) is 64.9. The van der Waals surface area contributed by atoms with Crippen LogP contribution in [-0.4, -0.2) is 37.2 Å². The number of rotatable bonds is 61. The van der Waals surface area contributed by atoms with Crippen molar-refractivity contribution in [3.05, 3.63) is 109 Å². The second-order valence-corrected chi connectivity index (χ2v) is 22.3. The molecular formula is C74H126O6. The second kappa shape index (κ2) is 67.6. The molecule has 0 aromatic carbocycles. The van der Waals surface area contributed by atoms with Crippen molar-refractivity contribution in [1.29, 1.82) is 0 Å². The van der Waals surface area contributed by atoms with Crippen LogP contribution < -0.4 is 0 Å². The lowest BCUT2D eigenvalue weighted by atomic mass is 10.0. The summed E-state index contributed by atoms with van der Waals surface area (Å²) in [7, 11) is 0. The Morgan fingerprint density at radius 1 is 0.263 bits per heavy atom. The van der Waals surface area contributed by atoms with Crippen molar-refractivity contribution >= 4 is 17.9 Å². The fourth-order valence-corrected chi connectivity index (χ4v) is 9.48. The predicted octanol–water partition coefficient (Wildman–Crippen LogP) is 23.4. The normalized spacial score (nSPS) is 12.8. The molecule has 6 nitrogen and oxygen atoms in total. The summed E-state index contributed by atoms with van der Waals surface area (Å²) < 4.78 is 16.9. The third-order valence-corrected chi connectivity index (χ3v) is 14.5. The van der Waals surface area contributed by atoms with Crippen molar-refractivity contribution in [3.63, 3.8) is 0 Å². The van der Waals surface area contributed by atoms with Gasteiger partial charge in [0.15, 0.2) is 6.10 Å². The molecule has 0 saturated heterocycles. The van der Waals surface area contributed by atoms with Gasteiger partial charge in [-0.25, -0.2) is 0 Å². The number of carbonyl (C=O) groups is 3. The Morgan fingerprint density at radius 3 is 0.762 bits per heavy atom. The van der Waals surface area contributed by atoms with Crippen LogP contribution in [0.3, 0.4) is 0 Å². The van der Waals surface area contributed by atoms with E-state index in [0.29, 0.717) is 19.3 Å². The standard InChI is InChI=1S/C74H126O6/c1-4-7-10-13-16-19-22-25-28-30-32-33-34-35-36-37-38-39-40-41-42-44-46-49-52-55-58-61-64-67-73(76)79-70-71(69-78-72(75)66-63-60-57-54-51-48-45-27-24-21-18-15-12-9-6-3)80-74(77)68-65-62-59-56-53-50-47-43-31-29-26-23-20-17-14-11-8-5-2/h7,9-10,12,16,18-21,23,25,27-29,31-33,45,71H,4-6,8,11,13-15,17,22,24,26,30,34-44,46-70H2,1-3H3/b10-7-,12-9-,19-16-,21-18-,23-20-,28-25-,31-29-,33-32-,45-27-. The molecule has 0 saturated carbocycles. The molecule has 0 bridgehead atoms. The molecule has 1 atom stereocenters. The average molecular weight is 1110 g/mol. The summed E-state index contributed by atoms with van der Waals surface area (Å²) in [5.41, 5.74) is 0. The van der Waals surface area contributed by atoms with Crippen molar-refractivity contribution in [2.75, 3.05) is 13.2 Å². The molecule has 80 heavy (non-hydrogen) atoms. The molecule has 0 aliphatic carbocycles. The Bertz CT molecular complexity index is 1610. The Kier molecular flexibility index (Phi) is 64.3. The lowest BCUT2D eigenvalue weighted by Crippen LogP contribution is -2.30. The molecule has 0 aromatic rings. The highest BCUT2D eigenvalue weighted by molar-refractivity contribution is 5.71. The molecule has 1 unspecified atom stereocenters. The van der Waals surface area contributed by atoms with Gasteiger partial charge in [-0.1, -0.05) is 291 Å². The SMILES string of the molecule is CC/C=C\C/C=C\C/C=C\C/C=C\CCCCCCCCCCCCCCCCCCC(=O)OCC(COC(=O)CCCCCCC/C=C\C/C=C\C/C=C\CC)OC(=O)CCCCCCCCC/C=C\C/C=C\CCCCCC. The molecule has 0 heterocycles.